The third-order valence-electron chi connectivity index (χ3n) is 5.87. The third-order valence-corrected chi connectivity index (χ3v) is 8.21. The van der Waals surface area contributed by atoms with Crippen molar-refractivity contribution in [3.05, 3.63) is 100 Å². The molecule has 1 aliphatic heterocycles. The summed E-state index contributed by atoms with van der Waals surface area (Å²) in [6, 6.07) is 22.6. The summed E-state index contributed by atoms with van der Waals surface area (Å²) < 4.78 is 39.1. The number of carbonyl (C=O) groups is 2. The molecule has 1 N–H and O–H groups in total. The SMILES string of the molecule is O=C(NS(=O)(=O)c1ccccc1Br)c1cccc(C[C@H]2COCCN(C(=O)OCc3ccccc3)C2)c1. The average Bonchev–Trinajstić information content (AvgIpc) is 3.13. The Morgan fingerprint density at radius 3 is 2.51 bits per heavy atom. The predicted molar refractivity (Wildman–Crippen MR) is 141 cm³/mol. The Morgan fingerprint density at radius 2 is 1.73 bits per heavy atom. The molecule has 1 heterocycles. The van der Waals surface area contributed by atoms with Crippen molar-refractivity contribution in [1.29, 1.82) is 0 Å². The first-order valence-electron chi connectivity index (χ1n) is 11.8. The van der Waals surface area contributed by atoms with Crippen LogP contribution in [0.5, 0.6) is 0 Å². The molecule has 0 spiro atoms. The van der Waals surface area contributed by atoms with Gasteiger partial charge in [0.15, 0.2) is 0 Å². The van der Waals surface area contributed by atoms with Gasteiger partial charge in [-0.3, -0.25) is 4.79 Å². The van der Waals surface area contributed by atoms with Gasteiger partial charge in [-0.2, -0.15) is 0 Å². The summed E-state index contributed by atoms with van der Waals surface area (Å²) >= 11 is 3.21. The fraction of sp³-hybridized carbons (Fsp3) is 0.259. The van der Waals surface area contributed by atoms with Gasteiger partial charge in [0.25, 0.3) is 15.9 Å². The van der Waals surface area contributed by atoms with Gasteiger partial charge in [0.1, 0.15) is 11.5 Å². The number of sulfonamides is 1. The van der Waals surface area contributed by atoms with Gasteiger partial charge in [-0.25, -0.2) is 17.9 Å². The quantitative estimate of drug-likeness (QED) is 0.440. The van der Waals surface area contributed by atoms with Crippen LogP contribution in [-0.2, 0) is 32.5 Å². The Kier molecular flexibility index (Phi) is 8.96. The van der Waals surface area contributed by atoms with Gasteiger partial charge in [-0.15, -0.1) is 0 Å². The molecule has 194 valence electrons. The van der Waals surface area contributed by atoms with Gasteiger partial charge in [0, 0.05) is 29.0 Å². The highest BCUT2D eigenvalue weighted by Crippen LogP contribution is 2.22. The van der Waals surface area contributed by atoms with E-state index >= 15 is 0 Å². The maximum absolute atomic E-state index is 12.8. The molecule has 0 radical (unpaired) electrons. The molecule has 1 saturated heterocycles. The van der Waals surface area contributed by atoms with E-state index in [-0.39, 0.29) is 23.0 Å². The van der Waals surface area contributed by atoms with Crippen LogP contribution in [0.4, 0.5) is 4.79 Å². The highest BCUT2D eigenvalue weighted by Gasteiger charge is 2.25. The lowest BCUT2D eigenvalue weighted by Crippen LogP contribution is -2.36. The van der Waals surface area contributed by atoms with E-state index < -0.39 is 22.0 Å². The molecule has 3 aromatic carbocycles. The molecule has 3 aromatic rings. The zero-order valence-corrected chi connectivity index (χ0v) is 22.4. The number of carbonyl (C=O) groups excluding carboxylic acids is 2. The summed E-state index contributed by atoms with van der Waals surface area (Å²) in [6.45, 7) is 1.93. The van der Waals surface area contributed by atoms with E-state index in [9.17, 15) is 18.0 Å². The fourth-order valence-electron chi connectivity index (χ4n) is 4.05. The van der Waals surface area contributed by atoms with Gasteiger partial charge in [-0.1, -0.05) is 54.6 Å². The molecule has 1 fully saturated rings. The van der Waals surface area contributed by atoms with E-state index in [4.69, 9.17) is 9.47 Å². The van der Waals surface area contributed by atoms with Crippen molar-refractivity contribution < 1.29 is 27.5 Å². The second kappa shape index (κ2) is 12.4. The Bertz CT molecular complexity index is 1350. The molecule has 4 rings (SSSR count). The van der Waals surface area contributed by atoms with E-state index in [1.807, 2.05) is 36.4 Å². The lowest BCUT2D eigenvalue weighted by molar-refractivity contribution is 0.0914. The highest BCUT2D eigenvalue weighted by atomic mass is 79.9. The summed E-state index contributed by atoms with van der Waals surface area (Å²) in [6.07, 6.45) is 0.144. The van der Waals surface area contributed by atoms with Crippen molar-refractivity contribution >= 4 is 38.0 Å². The molecule has 1 atom stereocenters. The van der Waals surface area contributed by atoms with Crippen molar-refractivity contribution in [2.75, 3.05) is 26.3 Å². The standard InChI is InChI=1S/C27H27BrN2O6S/c28-24-11-4-5-12-25(24)37(33,34)29-26(31)23-10-6-9-21(16-23)15-22-17-30(13-14-35-18-22)27(32)36-19-20-7-2-1-3-8-20/h1-12,16,22H,13-15,17-19H2,(H,29,31)/t22-/m1/s1. The van der Waals surface area contributed by atoms with Crippen LogP contribution >= 0.6 is 15.9 Å². The van der Waals surface area contributed by atoms with Crippen LogP contribution in [0.3, 0.4) is 0 Å². The van der Waals surface area contributed by atoms with E-state index in [2.05, 4.69) is 20.7 Å². The first-order valence-corrected chi connectivity index (χ1v) is 14.0. The van der Waals surface area contributed by atoms with Crippen molar-refractivity contribution in [3.63, 3.8) is 0 Å². The summed E-state index contributed by atoms with van der Waals surface area (Å²) in [7, 11) is -4.05. The number of amides is 2. The minimum absolute atomic E-state index is 0.0191. The maximum atomic E-state index is 12.8. The van der Waals surface area contributed by atoms with E-state index in [1.54, 1.807) is 41.3 Å². The van der Waals surface area contributed by atoms with E-state index in [0.717, 1.165) is 11.1 Å². The third kappa shape index (κ3) is 7.41. The van der Waals surface area contributed by atoms with Gasteiger partial charge in [0.05, 0.1) is 13.2 Å². The van der Waals surface area contributed by atoms with Crippen LogP contribution in [-0.4, -0.2) is 51.6 Å². The molecule has 10 heteroatoms. The van der Waals surface area contributed by atoms with Crippen LogP contribution in [0.15, 0.2) is 88.2 Å². The Hall–Kier alpha value is -3.21. The second-order valence-electron chi connectivity index (χ2n) is 8.70. The Balaban J connectivity index is 1.38. The molecule has 0 unspecified atom stereocenters. The lowest BCUT2D eigenvalue weighted by Gasteiger charge is -2.23. The van der Waals surface area contributed by atoms with Crippen LogP contribution in [0, 0.1) is 5.92 Å². The van der Waals surface area contributed by atoms with E-state index in [1.165, 1.54) is 6.07 Å². The van der Waals surface area contributed by atoms with Gasteiger partial charge in [0.2, 0.25) is 0 Å². The van der Waals surface area contributed by atoms with Crippen LogP contribution < -0.4 is 4.72 Å². The molecule has 2 amide bonds. The number of hydrogen-bond acceptors (Lipinski definition) is 6. The minimum Gasteiger partial charge on any atom is -0.445 e. The lowest BCUT2D eigenvalue weighted by atomic mass is 9.98. The first-order chi connectivity index (χ1) is 17.8. The van der Waals surface area contributed by atoms with Crippen molar-refractivity contribution in [1.82, 2.24) is 9.62 Å². The smallest absolute Gasteiger partial charge is 0.410 e. The zero-order chi connectivity index (χ0) is 26.3. The number of hydrogen-bond donors (Lipinski definition) is 1. The monoisotopic (exact) mass is 586 g/mol. The second-order valence-corrected chi connectivity index (χ2v) is 11.2. The number of nitrogens with zero attached hydrogens (tertiary/aromatic N) is 1. The summed E-state index contributed by atoms with van der Waals surface area (Å²) in [4.78, 5) is 27.1. The van der Waals surface area contributed by atoms with Crippen LogP contribution in [0.2, 0.25) is 0 Å². The molecule has 0 bridgehead atoms. The molecular formula is C27H27BrN2O6S. The predicted octanol–water partition coefficient (Wildman–Crippen LogP) is 4.40. The van der Waals surface area contributed by atoms with Crippen molar-refractivity contribution in [3.8, 4) is 0 Å². The number of halogens is 1. The van der Waals surface area contributed by atoms with Gasteiger partial charge in [-0.05, 0) is 57.7 Å². The van der Waals surface area contributed by atoms with Crippen molar-refractivity contribution in [2.45, 2.75) is 17.9 Å². The normalized spacial score (nSPS) is 16.0. The van der Waals surface area contributed by atoms with Gasteiger partial charge >= 0.3 is 6.09 Å². The molecule has 37 heavy (non-hydrogen) atoms. The number of rotatable bonds is 7. The maximum Gasteiger partial charge on any atom is 0.410 e. The minimum atomic E-state index is -4.05. The summed E-state index contributed by atoms with van der Waals surface area (Å²) in [5.41, 5.74) is 1.97. The molecule has 0 aromatic heterocycles. The van der Waals surface area contributed by atoms with Crippen LogP contribution in [0.1, 0.15) is 21.5 Å². The molecule has 1 aliphatic rings. The zero-order valence-electron chi connectivity index (χ0n) is 20.0. The Morgan fingerprint density at radius 1 is 1.00 bits per heavy atom. The summed E-state index contributed by atoms with van der Waals surface area (Å²) in [5.74, 6) is -0.741. The topological polar surface area (TPSA) is 102 Å². The largest absolute Gasteiger partial charge is 0.445 e. The molecule has 0 saturated carbocycles. The number of nitrogens with one attached hydrogen (secondary N) is 1. The van der Waals surface area contributed by atoms with Crippen LogP contribution in [0.25, 0.3) is 0 Å². The van der Waals surface area contributed by atoms with Gasteiger partial charge < -0.3 is 14.4 Å². The number of benzene rings is 3. The average molecular weight is 587 g/mol. The van der Waals surface area contributed by atoms with E-state index in [0.29, 0.717) is 37.2 Å². The Labute approximate surface area is 224 Å². The first kappa shape index (κ1) is 26.8. The molecule has 0 aliphatic carbocycles. The number of ether oxygens (including phenoxy) is 2. The van der Waals surface area contributed by atoms with Crippen molar-refractivity contribution in [2.24, 2.45) is 5.92 Å². The molecule has 8 nitrogen and oxygen atoms in total. The molecular weight excluding hydrogens is 560 g/mol. The fourth-order valence-corrected chi connectivity index (χ4v) is 6.03. The highest BCUT2D eigenvalue weighted by molar-refractivity contribution is 9.10. The summed E-state index contributed by atoms with van der Waals surface area (Å²) in [5, 5.41) is 0.